The zero-order valence-corrected chi connectivity index (χ0v) is 13.7. The molecule has 0 spiro atoms. The largest absolute Gasteiger partial charge is 0.445 e. The lowest BCUT2D eigenvalue weighted by Gasteiger charge is -2.37. The number of nitrogens with zero attached hydrogens (tertiary/aromatic N) is 3. The van der Waals surface area contributed by atoms with Crippen LogP contribution < -0.4 is 0 Å². The number of pyridine rings is 1. The summed E-state index contributed by atoms with van der Waals surface area (Å²) in [6.45, 7) is 0.907. The summed E-state index contributed by atoms with van der Waals surface area (Å²) < 4.78 is 19.4. The van der Waals surface area contributed by atoms with Gasteiger partial charge in [-0.1, -0.05) is 30.3 Å². The summed E-state index contributed by atoms with van der Waals surface area (Å²) in [6.07, 6.45) is 2.92. The monoisotopic (exact) mass is 339 g/mol. The molecule has 0 aliphatic carbocycles. The normalized spacial score (nSPS) is 16.1. The summed E-state index contributed by atoms with van der Waals surface area (Å²) >= 11 is 0. The lowest BCUT2D eigenvalue weighted by Crippen LogP contribution is -2.45. The summed E-state index contributed by atoms with van der Waals surface area (Å²) in [5.41, 5.74) is 0.337. The minimum absolute atomic E-state index is 0.207. The first-order valence-corrected chi connectivity index (χ1v) is 8.11. The van der Waals surface area contributed by atoms with Crippen LogP contribution in [0.5, 0.6) is 0 Å². The van der Waals surface area contributed by atoms with Gasteiger partial charge in [-0.2, -0.15) is 5.26 Å². The van der Waals surface area contributed by atoms with Gasteiger partial charge in [0.25, 0.3) is 0 Å². The number of hydrogen-bond acceptors (Lipinski definition) is 4. The van der Waals surface area contributed by atoms with Crippen molar-refractivity contribution in [3.8, 4) is 6.07 Å². The third kappa shape index (κ3) is 3.61. The van der Waals surface area contributed by atoms with Gasteiger partial charge in [-0.15, -0.1) is 0 Å². The quantitative estimate of drug-likeness (QED) is 0.859. The third-order valence-electron chi connectivity index (χ3n) is 4.58. The molecule has 1 saturated heterocycles. The molecule has 3 rings (SSSR count). The first-order valence-electron chi connectivity index (χ1n) is 8.11. The molecule has 5 nitrogen and oxygen atoms in total. The van der Waals surface area contributed by atoms with Crippen molar-refractivity contribution in [3.05, 3.63) is 65.7 Å². The second-order valence-electron chi connectivity index (χ2n) is 6.08. The van der Waals surface area contributed by atoms with Crippen molar-refractivity contribution in [2.75, 3.05) is 13.1 Å². The van der Waals surface area contributed by atoms with E-state index in [1.54, 1.807) is 11.0 Å². The number of hydrogen-bond donors (Lipinski definition) is 0. The number of halogens is 1. The van der Waals surface area contributed by atoms with E-state index < -0.39 is 17.3 Å². The number of nitriles is 1. The van der Waals surface area contributed by atoms with E-state index in [0.717, 1.165) is 11.8 Å². The Balaban J connectivity index is 1.62. The number of carbonyl (C=O) groups excluding carboxylic acids is 1. The lowest BCUT2D eigenvalue weighted by atomic mass is 9.74. The highest BCUT2D eigenvalue weighted by atomic mass is 19.1. The van der Waals surface area contributed by atoms with E-state index in [4.69, 9.17) is 4.74 Å². The van der Waals surface area contributed by atoms with E-state index in [0.29, 0.717) is 31.5 Å². The number of ether oxygens (including phenoxy) is 1. The van der Waals surface area contributed by atoms with Crippen molar-refractivity contribution < 1.29 is 13.9 Å². The number of likely N-dealkylation sites (tertiary alicyclic amines) is 1. The van der Waals surface area contributed by atoms with Crippen LogP contribution in [-0.4, -0.2) is 29.1 Å². The first-order chi connectivity index (χ1) is 12.1. The van der Waals surface area contributed by atoms with Gasteiger partial charge < -0.3 is 9.64 Å². The summed E-state index contributed by atoms with van der Waals surface area (Å²) in [4.78, 5) is 17.5. The Hall–Kier alpha value is -2.94. The minimum Gasteiger partial charge on any atom is -0.445 e. The second kappa shape index (κ2) is 7.31. The van der Waals surface area contributed by atoms with Crippen LogP contribution in [0.4, 0.5) is 9.18 Å². The number of rotatable bonds is 3. The van der Waals surface area contributed by atoms with E-state index >= 15 is 0 Å². The summed E-state index contributed by atoms with van der Waals surface area (Å²) in [5, 5.41) is 9.62. The highest BCUT2D eigenvalue weighted by molar-refractivity contribution is 5.68. The second-order valence-corrected chi connectivity index (χ2v) is 6.08. The van der Waals surface area contributed by atoms with Crippen LogP contribution in [0.15, 0.2) is 48.8 Å². The molecule has 1 amide bonds. The number of amides is 1. The zero-order chi connectivity index (χ0) is 17.7. The maximum absolute atomic E-state index is 14.1. The fraction of sp³-hybridized carbons (Fsp3) is 0.316. The van der Waals surface area contributed by atoms with Gasteiger partial charge in [-0.3, -0.25) is 4.98 Å². The number of aromatic nitrogens is 1. The maximum Gasteiger partial charge on any atom is 0.410 e. The molecule has 1 aliphatic heterocycles. The van der Waals surface area contributed by atoms with E-state index in [2.05, 4.69) is 11.1 Å². The molecule has 2 heterocycles. The maximum atomic E-state index is 14.1. The fourth-order valence-electron chi connectivity index (χ4n) is 3.09. The van der Waals surface area contributed by atoms with Crippen LogP contribution in [0, 0.1) is 17.1 Å². The van der Waals surface area contributed by atoms with E-state index in [-0.39, 0.29) is 6.61 Å². The molecule has 128 valence electrons. The smallest absolute Gasteiger partial charge is 0.410 e. The van der Waals surface area contributed by atoms with Crippen molar-refractivity contribution in [1.82, 2.24) is 9.88 Å². The van der Waals surface area contributed by atoms with Gasteiger partial charge in [0.2, 0.25) is 0 Å². The SMILES string of the molecule is N#CC1(c2ccncc2F)CCN(C(=O)OCc2ccccc2)CC1. The molecular formula is C19H18FN3O2. The standard InChI is InChI=1S/C19H18FN3O2/c20-17-12-22-9-6-16(17)19(14-21)7-10-23(11-8-19)18(24)25-13-15-4-2-1-3-5-15/h1-6,9,12H,7-8,10-11,13H2. The van der Waals surface area contributed by atoms with Gasteiger partial charge in [-0.25, -0.2) is 9.18 Å². The Morgan fingerprint density at radius 3 is 2.64 bits per heavy atom. The summed E-state index contributed by atoms with van der Waals surface area (Å²) in [6, 6.07) is 13.2. The van der Waals surface area contributed by atoms with Crippen LogP contribution in [0.2, 0.25) is 0 Å². The molecule has 1 aliphatic rings. The van der Waals surface area contributed by atoms with E-state index in [1.807, 2.05) is 30.3 Å². The molecule has 1 fully saturated rings. The first kappa shape index (κ1) is 16.9. The van der Waals surface area contributed by atoms with Crippen molar-refractivity contribution >= 4 is 6.09 Å². The molecule has 0 saturated carbocycles. The Bertz CT molecular complexity index is 781. The van der Waals surface area contributed by atoms with Crippen molar-refractivity contribution in [2.24, 2.45) is 0 Å². The molecule has 0 unspecified atom stereocenters. The predicted octanol–water partition coefficient (Wildman–Crippen LogP) is 3.41. The molecule has 0 bridgehead atoms. The van der Waals surface area contributed by atoms with Crippen LogP contribution in [0.3, 0.4) is 0 Å². The fourth-order valence-corrected chi connectivity index (χ4v) is 3.09. The lowest BCUT2D eigenvalue weighted by molar-refractivity contribution is 0.0823. The zero-order valence-electron chi connectivity index (χ0n) is 13.7. The van der Waals surface area contributed by atoms with Gasteiger partial charge in [0.05, 0.1) is 17.7 Å². The van der Waals surface area contributed by atoms with Gasteiger partial charge in [-0.05, 0) is 24.5 Å². The number of piperidine rings is 1. The predicted molar refractivity (Wildman–Crippen MR) is 88.9 cm³/mol. The van der Waals surface area contributed by atoms with Crippen LogP contribution >= 0.6 is 0 Å². The molecule has 0 radical (unpaired) electrons. The topological polar surface area (TPSA) is 66.2 Å². The average molecular weight is 339 g/mol. The molecule has 0 N–H and O–H groups in total. The van der Waals surface area contributed by atoms with Crippen molar-refractivity contribution in [3.63, 3.8) is 0 Å². The molecular weight excluding hydrogens is 321 g/mol. The Kier molecular flexibility index (Phi) is 4.94. The molecule has 0 atom stereocenters. The molecule has 1 aromatic heterocycles. The molecule has 25 heavy (non-hydrogen) atoms. The van der Waals surface area contributed by atoms with E-state index in [9.17, 15) is 14.4 Å². The highest BCUT2D eigenvalue weighted by Crippen LogP contribution is 2.36. The Labute approximate surface area is 145 Å². The van der Waals surface area contributed by atoms with Crippen LogP contribution in [0.1, 0.15) is 24.0 Å². The van der Waals surface area contributed by atoms with Gasteiger partial charge in [0, 0.05) is 24.8 Å². The van der Waals surface area contributed by atoms with Gasteiger partial charge >= 0.3 is 6.09 Å². The Morgan fingerprint density at radius 2 is 2.00 bits per heavy atom. The van der Waals surface area contributed by atoms with Crippen LogP contribution in [-0.2, 0) is 16.8 Å². The third-order valence-corrected chi connectivity index (χ3v) is 4.58. The molecule has 2 aromatic rings. The van der Waals surface area contributed by atoms with Gasteiger partial charge in [0.15, 0.2) is 0 Å². The van der Waals surface area contributed by atoms with Gasteiger partial charge in [0.1, 0.15) is 12.4 Å². The van der Waals surface area contributed by atoms with E-state index in [1.165, 1.54) is 6.20 Å². The summed E-state index contributed by atoms with van der Waals surface area (Å²) in [5.74, 6) is -0.482. The highest BCUT2D eigenvalue weighted by Gasteiger charge is 2.40. The number of carbonyl (C=O) groups is 1. The minimum atomic E-state index is -0.927. The van der Waals surface area contributed by atoms with Crippen molar-refractivity contribution in [2.45, 2.75) is 24.9 Å². The molecule has 6 heteroatoms. The van der Waals surface area contributed by atoms with Crippen molar-refractivity contribution in [1.29, 1.82) is 5.26 Å². The number of benzene rings is 1. The van der Waals surface area contributed by atoms with Crippen LogP contribution in [0.25, 0.3) is 0 Å². The molecule has 1 aromatic carbocycles. The Morgan fingerprint density at radius 1 is 1.28 bits per heavy atom. The summed E-state index contributed by atoms with van der Waals surface area (Å²) in [7, 11) is 0. The average Bonchev–Trinajstić information content (AvgIpc) is 2.67.